The molecule has 1 unspecified atom stereocenters. The Kier molecular flexibility index (Phi) is 4.21. The zero-order valence-corrected chi connectivity index (χ0v) is 12.1. The summed E-state index contributed by atoms with van der Waals surface area (Å²) < 4.78 is 27.2. The summed E-state index contributed by atoms with van der Waals surface area (Å²) in [6.45, 7) is 1.72. The Morgan fingerprint density at radius 2 is 2.14 bits per heavy atom. The topological polar surface area (TPSA) is 109 Å². The van der Waals surface area contributed by atoms with Crippen molar-refractivity contribution in [1.82, 2.24) is 9.71 Å². The van der Waals surface area contributed by atoms with Gasteiger partial charge in [0.15, 0.2) is 0 Å². The molecule has 108 valence electrons. The molecule has 1 aromatic heterocycles. The number of anilines is 1. The standard InChI is InChI=1S/C14H14N4O2S/c1-10(12-3-2-6-17-9-12)18-21(19,20)14-5-4-11(8-15)7-13(14)16/h2-7,9-10,18H,16H2,1H3. The third-order valence-electron chi connectivity index (χ3n) is 2.94. The summed E-state index contributed by atoms with van der Waals surface area (Å²) >= 11 is 0. The minimum atomic E-state index is -3.78. The van der Waals surface area contributed by atoms with Gasteiger partial charge in [0.2, 0.25) is 10.0 Å². The summed E-state index contributed by atoms with van der Waals surface area (Å²) in [5, 5.41) is 8.77. The second-order valence-corrected chi connectivity index (χ2v) is 6.18. The molecule has 0 aliphatic rings. The molecule has 0 amide bonds. The lowest BCUT2D eigenvalue weighted by atomic mass is 10.2. The lowest BCUT2D eigenvalue weighted by Gasteiger charge is -2.15. The summed E-state index contributed by atoms with van der Waals surface area (Å²) in [7, 11) is -3.78. The van der Waals surface area contributed by atoms with Crippen LogP contribution < -0.4 is 10.5 Å². The van der Waals surface area contributed by atoms with E-state index in [-0.39, 0.29) is 10.6 Å². The van der Waals surface area contributed by atoms with E-state index < -0.39 is 16.1 Å². The first-order chi connectivity index (χ1) is 9.94. The fourth-order valence-electron chi connectivity index (χ4n) is 1.86. The number of nitriles is 1. The van der Waals surface area contributed by atoms with Crippen molar-refractivity contribution in [3.05, 3.63) is 53.9 Å². The van der Waals surface area contributed by atoms with Gasteiger partial charge < -0.3 is 5.73 Å². The van der Waals surface area contributed by atoms with Gasteiger partial charge in [0.1, 0.15) is 4.90 Å². The van der Waals surface area contributed by atoms with Crippen molar-refractivity contribution >= 4 is 15.7 Å². The number of nitrogens with two attached hydrogens (primary N) is 1. The van der Waals surface area contributed by atoms with Crippen LogP contribution in [0.25, 0.3) is 0 Å². The van der Waals surface area contributed by atoms with Gasteiger partial charge in [0.25, 0.3) is 0 Å². The maximum Gasteiger partial charge on any atom is 0.243 e. The predicted octanol–water partition coefficient (Wildman–Crippen LogP) is 1.57. The van der Waals surface area contributed by atoms with Gasteiger partial charge in [0.05, 0.1) is 17.3 Å². The van der Waals surface area contributed by atoms with Crippen LogP contribution in [-0.4, -0.2) is 13.4 Å². The molecule has 0 aliphatic carbocycles. The first-order valence-electron chi connectivity index (χ1n) is 6.16. The van der Waals surface area contributed by atoms with Gasteiger partial charge in [-0.2, -0.15) is 5.26 Å². The first-order valence-corrected chi connectivity index (χ1v) is 7.64. The monoisotopic (exact) mass is 302 g/mol. The molecule has 2 aromatic rings. The van der Waals surface area contributed by atoms with Crippen LogP contribution in [0.2, 0.25) is 0 Å². The number of sulfonamides is 1. The van der Waals surface area contributed by atoms with Gasteiger partial charge in [0, 0.05) is 18.4 Å². The normalized spacial score (nSPS) is 12.6. The zero-order valence-electron chi connectivity index (χ0n) is 11.3. The number of nitrogens with one attached hydrogen (secondary N) is 1. The van der Waals surface area contributed by atoms with E-state index in [0.717, 1.165) is 5.56 Å². The minimum absolute atomic E-state index is 0.0416. The molecule has 1 aromatic carbocycles. The maximum absolute atomic E-state index is 12.3. The molecular formula is C14H14N4O2S. The molecule has 7 heteroatoms. The van der Waals surface area contributed by atoms with E-state index in [1.54, 1.807) is 31.5 Å². The van der Waals surface area contributed by atoms with Crippen molar-refractivity contribution in [3.8, 4) is 6.07 Å². The fourth-order valence-corrected chi connectivity index (χ4v) is 3.20. The number of nitrogens with zero attached hydrogens (tertiary/aromatic N) is 2. The average molecular weight is 302 g/mol. The van der Waals surface area contributed by atoms with Crippen LogP contribution in [0.15, 0.2) is 47.6 Å². The Hall–Kier alpha value is -2.43. The summed E-state index contributed by atoms with van der Waals surface area (Å²) in [5.41, 5.74) is 6.81. The Labute approximate surface area is 123 Å². The average Bonchev–Trinajstić information content (AvgIpc) is 2.47. The maximum atomic E-state index is 12.3. The van der Waals surface area contributed by atoms with E-state index >= 15 is 0 Å². The molecule has 0 saturated carbocycles. The molecule has 21 heavy (non-hydrogen) atoms. The summed E-state index contributed by atoms with van der Waals surface area (Å²) in [6, 6.07) is 9.05. The predicted molar refractivity (Wildman–Crippen MR) is 78.5 cm³/mol. The van der Waals surface area contributed by atoms with E-state index in [1.807, 2.05) is 6.07 Å². The van der Waals surface area contributed by atoms with Gasteiger partial charge in [-0.05, 0) is 36.8 Å². The smallest absolute Gasteiger partial charge is 0.243 e. The van der Waals surface area contributed by atoms with Gasteiger partial charge in [-0.15, -0.1) is 0 Å². The molecule has 2 rings (SSSR count). The van der Waals surface area contributed by atoms with Gasteiger partial charge in [-0.1, -0.05) is 6.07 Å². The van der Waals surface area contributed by atoms with Crippen LogP contribution in [0, 0.1) is 11.3 Å². The van der Waals surface area contributed by atoms with Crippen LogP contribution in [0.4, 0.5) is 5.69 Å². The molecule has 0 radical (unpaired) electrons. The number of pyridine rings is 1. The lowest BCUT2D eigenvalue weighted by Crippen LogP contribution is -2.27. The van der Waals surface area contributed by atoms with E-state index in [2.05, 4.69) is 9.71 Å². The molecule has 0 bridgehead atoms. The van der Waals surface area contributed by atoms with Crippen LogP contribution in [0.1, 0.15) is 24.1 Å². The van der Waals surface area contributed by atoms with Crippen LogP contribution >= 0.6 is 0 Å². The Morgan fingerprint density at radius 1 is 1.38 bits per heavy atom. The molecular weight excluding hydrogens is 288 g/mol. The lowest BCUT2D eigenvalue weighted by molar-refractivity contribution is 0.567. The molecule has 3 N–H and O–H groups in total. The SMILES string of the molecule is CC(NS(=O)(=O)c1ccc(C#N)cc1N)c1cccnc1. The van der Waals surface area contributed by atoms with Gasteiger partial charge in [-0.3, -0.25) is 4.98 Å². The fraction of sp³-hybridized carbons (Fsp3) is 0.143. The second kappa shape index (κ2) is 5.91. The highest BCUT2D eigenvalue weighted by Crippen LogP contribution is 2.22. The van der Waals surface area contributed by atoms with E-state index in [0.29, 0.717) is 5.56 Å². The highest BCUT2D eigenvalue weighted by Gasteiger charge is 2.21. The van der Waals surface area contributed by atoms with Crippen molar-refractivity contribution in [2.24, 2.45) is 0 Å². The highest BCUT2D eigenvalue weighted by atomic mass is 32.2. The van der Waals surface area contributed by atoms with Crippen molar-refractivity contribution in [2.45, 2.75) is 17.9 Å². The van der Waals surface area contributed by atoms with Crippen LogP contribution in [0.3, 0.4) is 0 Å². The summed E-state index contributed by atoms with van der Waals surface area (Å²) in [5.74, 6) is 0. The van der Waals surface area contributed by atoms with E-state index in [4.69, 9.17) is 11.0 Å². The number of rotatable bonds is 4. The van der Waals surface area contributed by atoms with E-state index in [9.17, 15) is 8.42 Å². The Morgan fingerprint density at radius 3 is 2.71 bits per heavy atom. The molecule has 0 saturated heterocycles. The quantitative estimate of drug-likeness (QED) is 0.833. The van der Waals surface area contributed by atoms with Crippen LogP contribution in [-0.2, 0) is 10.0 Å². The second-order valence-electron chi connectivity index (χ2n) is 4.49. The zero-order chi connectivity index (χ0) is 15.5. The van der Waals surface area contributed by atoms with Crippen LogP contribution in [0.5, 0.6) is 0 Å². The summed E-state index contributed by atoms with van der Waals surface area (Å²) in [4.78, 5) is 3.91. The van der Waals surface area contributed by atoms with E-state index in [1.165, 1.54) is 18.2 Å². The third kappa shape index (κ3) is 3.37. The Bertz CT molecular complexity index is 782. The molecule has 6 nitrogen and oxygen atoms in total. The summed E-state index contributed by atoms with van der Waals surface area (Å²) in [6.07, 6.45) is 3.21. The van der Waals surface area contributed by atoms with Crippen molar-refractivity contribution in [3.63, 3.8) is 0 Å². The first kappa shape index (κ1) is 15.0. The largest absolute Gasteiger partial charge is 0.398 e. The number of hydrogen-bond donors (Lipinski definition) is 2. The molecule has 1 heterocycles. The van der Waals surface area contributed by atoms with Crippen molar-refractivity contribution < 1.29 is 8.42 Å². The third-order valence-corrected chi connectivity index (χ3v) is 4.56. The number of benzene rings is 1. The molecule has 0 aliphatic heterocycles. The number of aromatic nitrogens is 1. The van der Waals surface area contributed by atoms with Crippen molar-refractivity contribution in [1.29, 1.82) is 5.26 Å². The van der Waals surface area contributed by atoms with Crippen molar-refractivity contribution in [2.75, 3.05) is 5.73 Å². The molecule has 1 atom stereocenters. The number of hydrogen-bond acceptors (Lipinski definition) is 5. The minimum Gasteiger partial charge on any atom is -0.398 e. The molecule has 0 spiro atoms. The van der Waals surface area contributed by atoms with Gasteiger partial charge in [-0.25, -0.2) is 13.1 Å². The molecule has 0 fully saturated rings. The van der Waals surface area contributed by atoms with Gasteiger partial charge >= 0.3 is 0 Å². The Balaban J connectivity index is 2.29. The number of nitrogen functional groups attached to an aromatic ring is 1. The highest BCUT2D eigenvalue weighted by molar-refractivity contribution is 7.89.